The van der Waals surface area contributed by atoms with Crippen molar-refractivity contribution in [3.05, 3.63) is 58.1 Å². The fraction of sp³-hybridized carbons (Fsp3) is 0.250. The standard InChI is InChI=1S/C16H14BrF2NO2S/c17-13-5-3-4-11-8-9-20(10-12(11)13)14-6-1-2-7-15(14)23(21,22)16(18)19/h1-7,16H,8-10H2. The highest BCUT2D eigenvalue weighted by Crippen LogP contribution is 2.34. The number of fused-ring (bicyclic) bond motifs is 1. The molecule has 0 spiro atoms. The van der Waals surface area contributed by atoms with Crippen LogP contribution in [0.2, 0.25) is 0 Å². The number of para-hydroxylation sites is 1. The quantitative estimate of drug-likeness (QED) is 0.779. The Balaban J connectivity index is 2.04. The third-order valence-electron chi connectivity index (χ3n) is 3.96. The second-order valence-corrected chi connectivity index (χ2v) is 8.06. The van der Waals surface area contributed by atoms with Gasteiger partial charge in [-0.05, 0) is 35.7 Å². The van der Waals surface area contributed by atoms with Crippen molar-refractivity contribution >= 4 is 31.5 Å². The summed E-state index contributed by atoms with van der Waals surface area (Å²) < 4.78 is 50.7. The Bertz CT molecular complexity index is 840. The van der Waals surface area contributed by atoms with Crippen molar-refractivity contribution in [1.29, 1.82) is 0 Å². The van der Waals surface area contributed by atoms with Crippen LogP contribution in [0.4, 0.5) is 14.5 Å². The molecule has 1 aliphatic heterocycles. The Morgan fingerprint density at radius 2 is 1.83 bits per heavy atom. The van der Waals surface area contributed by atoms with Gasteiger partial charge in [-0.2, -0.15) is 8.78 Å². The van der Waals surface area contributed by atoms with Gasteiger partial charge in [0.1, 0.15) is 0 Å². The van der Waals surface area contributed by atoms with Gasteiger partial charge in [0.25, 0.3) is 0 Å². The molecule has 0 radical (unpaired) electrons. The number of alkyl halides is 2. The first kappa shape index (κ1) is 16.4. The lowest BCUT2D eigenvalue weighted by Crippen LogP contribution is -2.32. The third kappa shape index (κ3) is 2.99. The fourth-order valence-corrected chi connectivity index (χ4v) is 4.28. The van der Waals surface area contributed by atoms with Crippen LogP contribution in [0.15, 0.2) is 51.8 Å². The summed E-state index contributed by atoms with van der Waals surface area (Å²) in [6, 6.07) is 11.8. The van der Waals surface area contributed by atoms with Gasteiger partial charge in [-0.15, -0.1) is 0 Å². The van der Waals surface area contributed by atoms with Crippen LogP contribution in [0.5, 0.6) is 0 Å². The van der Waals surface area contributed by atoms with Gasteiger partial charge in [0.05, 0.1) is 10.6 Å². The minimum atomic E-state index is -4.63. The molecule has 3 nitrogen and oxygen atoms in total. The highest BCUT2D eigenvalue weighted by atomic mass is 79.9. The molecule has 0 saturated heterocycles. The highest BCUT2D eigenvalue weighted by molar-refractivity contribution is 9.10. The van der Waals surface area contributed by atoms with Crippen molar-refractivity contribution in [2.45, 2.75) is 23.6 Å². The smallest absolute Gasteiger partial charge is 0.341 e. The van der Waals surface area contributed by atoms with Crippen LogP contribution in [-0.4, -0.2) is 20.7 Å². The molecule has 0 aliphatic carbocycles. The zero-order valence-corrected chi connectivity index (χ0v) is 14.4. The molecule has 0 unspecified atom stereocenters. The van der Waals surface area contributed by atoms with Crippen molar-refractivity contribution < 1.29 is 17.2 Å². The summed E-state index contributed by atoms with van der Waals surface area (Å²) in [4.78, 5) is 1.52. The molecule has 2 aromatic carbocycles. The Morgan fingerprint density at radius 3 is 2.57 bits per heavy atom. The molecule has 0 atom stereocenters. The molecule has 0 N–H and O–H groups in total. The second kappa shape index (κ2) is 6.20. The largest absolute Gasteiger partial charge is 0.366 e. The summed E-state index contributed by atoms with van der Waals surface area (Å²) in [7, 11) is -4.63. The predicted molar refractivity (Wildman–Crippen MR) is 88.5 cm³/mol. The van der Waals surface area contributed by atoms with Gasteiger partial charge >= 0.3 is 5.76 Å². The van der Waals surface area contributed by atoms with Gasteiger partial charge in [-0.3, -0.25) is 0 Å². The molecule has 1 heterocycles. The number of hydrogen-bond donors (Lipinski definition) is 0. The summed E-state index contributed by atoms with van der Waals surface area (Å²) >= 11 is 3.50. The molecule has 2 aromatic rings. The Hall–Kier alpha value is -1.47. The number of nitrogens with zero attached hydrogens (tertiary/aromatic N) is 1. The zero-order chi connectivity index (χ0) is 16.6. The van der Waals surface area contributed by atoms with Crippen LogP contribution in [0.3, 0.4) is 0 Å². The van der Waals surface area contributed by atoms with Crippen LogP contribution < -0.4 is 4.90 Å². The Labute approximate surface area is 142 Å². The number of halogens is 3. The van der Waals surface area contributed by atoms with Crippen LogP contribution in [-0.2, 0) is 22.8 Å². The van der Waals surface area contributed by atoms with Gasteiger partial charge in [0.15, 0.2) is 0 Å². The van der Waals surface area contributed by atoms with E-state index in [1.165, 1.54) is 17.7 Å². The first-order valence-electron chi connectivity index (χ1n) is 7.03. The second-order valence-electron chi connectivity index (χ2n) is 5.32. The average molecular weight is 402 g/mol. The topological polar surface area (TPSA) is 37.4 Å². The highest BCUT2D eigenvalue weighted by Gasteiger charge is 2.31. The molecule has 0 bridgehead atoms. The van der Waals surface area contributed by atoms with E-state index in [4.69, 9.17) is 0 Å². The van der Waals surface area contributed by atoms with Crippen LogP contribution >= 0.6 is 15.9 Å². The predicted octanol–water partition coefficient (Wildman–Crippen LogP) is 4.01. The molecule has 122 valence electrons. The normalized spacial score (nSPS) is 14.9. The van der Waals surface area contributed by atoms with E-state index >= 15 is 0 Å². The van der Waals surface area contributed by atoms with E-state index in [1.54, 1.807) is 12.1 Å². The summed E-state index contributed by atoms with van der Waals surface area (Å²) in [5.41, 5.74) is 2.57. The first-order valence-corrected chi connectivity index (χ1v) is 9.37. The fourth-order valence-electron chi connectivity index (χ4n) is 2.80. The SMILES string of the molecule is O=S(=O)(c1ccccc1N1CCc2cccc(Br)c2C1)C(F)F. The third-order valence-corrected chi connectivity index (χ3v) is 6.13. The van der Waals surface area contributed by atoms with Gasteiger partial charge in [-0.25, -0.2) is 8.42 Å². The van der Waals surface area contributed by atoms with Gasteiger partial charge in [0, 0.05) is 17.6 Å². The Morgan fingerprint density at radius 1 is 1.09 bits per heavy atom. The van der Waals surface area contributed by atoms with E-state index in [2.05, 4.69) is 15.9 Å². The molecule has 7 heteroatoms. The maximum atomic E-state index is 12.9. The molecule has 3 rings (SSSR count). The van der Waals surface area contributed by atoms with Gasteiger partial charge < -0.3 is 4.90 Å². The number of anilines is 1. The number of benzene rings is 2. The number of hydrogen-bond acceptors (Lipinski definition) is 3. The lowest BCUT2D eigenvalue weighted by Gasteiger charge is -2.32. The lowest BCUT2D eigenvalue weighted by atomic mass is 9.99. The van der Waals surface area contributed by atoms with Crippen molar-refractivity contribution in [2.24, 2.45) is 0 Å². The van der Waals surface area contributed by atoms with E-state index in [9.17, 15) is 17.2 Å². The molecule has 0 fully saturated rings. The van der Waals surface area contributed by atoms with Crippen LogP contribution in [0.1, 0.15) is 11.1 Å². The molecule has 1 aliphatic rings. The summed E-state index contributed by atoms with van der Waals surface area (Å²) in [5.74, 6) is -3.42. The van der Waals surface area contributed by atoms with Crippen molar-refractivity contribution in [2.75, 3.05) is 11.4 Å². The lowest BCUT2D eigenvalue weighted by molar-refractivity contribution is 0.235. The molecule has 0 saturated carbocycles. The molecule has 23 heavy (non-hydrogen) atoms. The van der Waals surface area contributed by atoms with E-state index in [1.807, 2.05) is 23.1 Å². The van der Waals surface area contributed by atoms with Crippen molar-refractivity contribution in [1.82, 2.24) is 0 Å². The first-order chi connectivity index (χ1) is 10.9. The maximum absolute atomic E-state index is 12.9. The number of rotatable bonds is 3. The molecular formula is C16H14BrF2NO2S. The Kier molecular flexibility index (Phi) is 4.42. The monoisotopic (exact) mass is 401 g/mol. The molecular weight excluding hydrogens is 388 g/mol. The zero-order valence-electron chi connectivity index (χ0n) is 12.0. The van der Waals surface area contributed by atoms with Crippen LogP contribution in [0, 0.1) is 0 Å². The minimum absolute atomic E-state index is 0.314. The summed E-state index contributed by atoms with van der Waals surface area (Å²) in [6.45, 7) is 1.06. The van der Waals surface area contributed by atoms with E-state index in [0.29, 0.717) is 18.8 Å². The maximum Gasteiger partial charge on any atom is 0.341 e. The minimum Gasteiger partial charge on any atom is -0.366 e. The summed E-state index contributed by atoms with van der Waals surface area (Å²) in [6.07, 6.45) is 0.734. The molecule has 0 aromatic heterocycles. The van der Waals surface area contributed by atoms with Crippen LogP contribution in [0.25, 0.3) is 0 Å². The molecule has 0 amide bonds. The van der Waals surface area contributed by atoms with E-state index in [0.717, 1.165) is 16.5 Å². The van der Waals surface area contributed by atoms with E-state index in [-0.39, 0.29) is 4.90 Å². The average Bonchev–Trinajstić information content (AvgIpc) is 2.55. The van der Waals surface area contributed by atoms with Gasteiger partial charge in [0.2, 0.25) is 9.84 Å². The van der Waals surface area contributed by atoms with Crippen molar-refractivity contribution in [3.8, 4) is 0 Å². The number of sulfone groups is 1. The summed E-state index contributed by atoms with van der Waals surface area (Å²) in [5, 5.41) is 0. The van der Waals surface area contributed by atoms with Crippen molar-refractivity contribution in [3.63, 3.8) is 0 Å². The van der Waals surface area contributed by atoms with E-state index < -0.39 is 15.6 Å². The van der Waals surface area contributed by atoms with Gasteiger partial charge in [-0.1, -0.05) is 40.2 Å².